The van der Waals surface area contributed by atoms with Gasteiger partial charge >= 0.3 is 0 Å². The molecule has 0 aliphatic carbocycles. The van der Waals surface area contributed by atoms with Crippen LogP contribution in [0, 0.1) is 0 Å². The molecule has 1 aliphatic heterocycles. The maximum absolute atomic E-state index is 8.52. The molecule has 4 heteroatoms. The second-order valence-corrected chi connectivity index (χ2v) is 3.35. The summed E-state index contributed by atoms with van der Waals surface area (Å²) in [6.07, 6.45) is 4.77. The van der Waals surface area contributed by atoms with Crippen molar-refractivity contribution in [3.05, 3.63) is 0 Å². The van der Waals surface area contributed by atoms with Gasteiger partial charge in [-0.1, -0.05) is 18.0 Å². The maximum Gasteiger partial charge on any atom is 0.233 e. The molecule has 0 aromatic carbocycles. The largest absolute Gasteiger partial charge is 0.408 e. The average Bonchev–Trinajstić information content (AvgIpc) is 2.28. The van der Waals surface area contributed by atoms with Crippen LogP contribution in [0.15, 0.2) is 5.16 Å². The number of nitrogens with zero attached hydrogens (tertiary/aromatic N) is 2. The van der Waals surface area contributed by atoms with E-state index in [2.05, 4.69) is 12.1 Å². The Morgan fingerprint density at radius 1 is 1.50 bits per heavy atom. The predicted molar refractivity (Wildman–Crippen MR) is 48.0 cm³/mol. The van der Waals surface area contributed by atoms with Gasteiger partial charge in [0.1, 0.15) is 0 Å². The summed E-state index contributed by atoms with van der Waals surface area (Å²) in [6, 6.07) is 0.406. The van der Waals surface area contributed by atoms with E-state index in [4.69, 9.17) is 10.9 Å². The van der Waals surface area contributed by atoms with Crippen LogP contribution in [-0.4, -0.2) is 28.7 Å². The van der Waals surface area contributed by atoms with Crippen molar-refractivity contribution in [3.63, 3.8) is 0 Å². The van der Waals surface area contributed by atoms with Crippen LogP contribution in [0.5, 0.6) is 0 Å². The highest BCUT2D eigenvalue weighted by atomic mass is 16.4. The Labute approximate surface area is 73.0 Å². The van der Waals surface area contributed by atoms with Crippen molar-refractivity contribution in [1.29, 1.82) is 0 Å². The van der Waals surface area contributed by atoms with E-state index in [0.717, 1.165) is 19.4 Å². The minimum Gasteiger partial charge on any atom is -0.408 e. The van der Waals surface area contributed by atoms with Gasteiger partial charge in [0.05, 0.1) is 0 Å². The fourth-order valence-corrected chi connectivity index (χ4v) is 1.67. The van der Waals surface area contributed by atoms with E-state index < -0.39 is 0 Å². The first-order chi connectivity index (χ1) is 5.75. The first-order valence-electron chi connectivity index (χ1n) is 4.50. The highest BCUT2D eigenvalue weighted by molar-refractivity contribution is 5.77. The molecule has 0 aromatic heterocycles. The van der Waals surface area contributed by atoms with E-state index in [1.807, 2.05) is 4.90 Å². The standard InChI is InChI=1S/C8H17N3O/c1-7-5-3-2-4-6-11(7)8(9)10-12/h7,12H,2-6H2,1H3,(H2,9,10). The van der Waals surface area contributed by atoms with Gasteiger partial charge < -0.3 is 15.8 Å². The molecule has 70 valence electrons. The highest BCUT2D eigenvalue weighted by Crippen LogP contribution is 2.15. The maximum atomic E-state index is 8.52. The Kier molecular flexibility index (Phi) is 3.19. The van der Waals surface area contributed by atoms with Crippen molar-refractivity contribution < 1.29 is 5.21 Å². The molecule has 0 bridgehead atoms. The smallest absolute Gasteiger partial charge is 0.233 e. The monoisotopic (exact) mass is 171 g/mol. The lowest BCUT2D eigenvalue weighted by Crippen LogP contribution is -2.43. The van der Waals surface area contributed by atoms with Crippen LogP contribution in [0.3, 0.4) is 0 Å². The van der Waals surface area contributed by atoms with E-state index in [1.54, 1.807) is 0 Å². The van der Waals surface area contributed by atoms with Gasteiger partial charge in [0.25, 0.3) is 0 Å². The molecule has 0 saturated carbocycles. The number of hydrogen-bond acceptors (Lipinski definition) is 2. The number of oxime groups is 1. The Morgan fingerprint density at radius 2 is 2.25 bits per heavy atom. The molecule has 1 rings (SSSR count). The van der Waals surface area contributed by atoms with Gasteiger partial charge in [0, 0.05) is 12.6 Å². The third-order valence-corrected chi connectivity index (χ3v) is 2.45. The lowest BCUT2D eigenvalue weighted by Gasteiger charge is -2.26. The Morgan fingerprint density at radius 3 is 2.92 bits per heavy atom. The van der Waals surface area contributed by atoms with Crippen LogP contribution in [-0.2, 0) is 0 Å². The minimum absolute atomic E-state index is 0.254. The van der Waals surface area contributed by atoms with E-state index >= 15 is 0 Å². The molecular formula is C8H17N3O. The summed E-state index contributed by atoms with van der Waals surface area (Å²) in [5.74, 6) is 0.254. The summed E-state index contributed by atoms with van der Waals surface area (Å²) >= 11 is 0. The molecule has 1 heterocycles. The zero-order valence-corrected chi connectivity index (χ0v) is 7.53. The normalized spacial score (nSPS) is 26.9. The summed E-state index contributed by atoms with van der Waals surface area (Å²) in [6.45, 7) is 3.03. The first kappa shape index (κ1) is 9.16. The number of likely N-dealkylation sites (tertiary alicyclic amines) is 1. The number of guanidine groups is 1. The molecule has 0 spiro atoms. The van der Waals surface area contributed by atoms with Gasteiger partial charge in [-0.15, -0.1) is 0 Å². The second kappa shape index (κ2) is 4.18. The van der Waals surface area contributed by atoms with Crippen LogP contribution in [0.1, 0.15) is 32.6 Å². The van der Waals surface area contributed by atoms with Crippen LogP contribution in [0.25, 0.3) is 0 Å². The molecule has 0 radical (unpaired) electrons. The Bertz CT molecular complexity index is 170. The topological polar surface area (TPSA) is 61.8 Å². The summed E-state index contributed by atoms with van der Waals surface area (Å²) in [5, 5.41) is 11.5. The minimum atomic E-state index is 0.254. The van der Waals surface area contributed by atoms with Gasteiger partial charge in [-0.25, -0.2) is 0 Å². The fourth-order valence-electron chi connectivity index (χ4n) is 1.67. The van der Waals surface area contributed by atoms with Gasteiger partial charge in [-0.05, 0) is 19.8 Å². The molecule has 1 saturated heterocycles. The molecular weight excluding hydrogens is 154 g/mol. The Balaban J connectivity index is 2.59. The van der Waals surface area contributed by atoms with Crippen LogP contribution >= 0.6 is 0 Å². The second-order valence-electron chi connectivity index (χ2n) is 3.35. The molecule has 3 N–H and O–H groups in total. The van der Waals surface area contributed by atoms with E-state index in [-0.39, 0.29) is 5.96 Å². The van der Waals surface area contributed by atoms with Crippen molar-refractivity contribution in [2.24, 2.45) is 10.9 Å². The third-order valence-electron chi connectivity index (χ3n) is 2.45. The lowest BCUT2D eigenvalue weighted by molar-refractivity contribution is 0.277. The van der Waals surface area contributed by atoms with Crippen LogP contribution < -0.4 is 5.73 Å². The predicted octanol–water partition coefficient (Wildman–Crippen LogP) is 0.955. The lowest BCUT2D eigenvalue weighted by atomic mass is 10.1. The van der Waals surface area contributed by atoms with Gasteiger partial charge in [-0.3, -0.25) is 0 Å². The van der Waals surface area contributed by atoms with Crippen LogP contribution in [0.2, 0.25) is 0 Å². The zero-order valence-electron chi connectivity index (χ0n) is 7.53. The van der Waals surface area contributed by atoms with Crippen molar-refractivity contribution in [2.75, 3.05) is 6.54 Å². The van der Waals surface area contributed by atoms with Crippen molar-refractivity contribution in [2.45, 2.75) is 38.6 Å². The molecule has 1 atom stereocenters. The van der Waals surface area contributed by atoms with Crippen molar-refractivity contribution in [1.82, 2.24) is 4.90 Å². The Hall–Kier alpha value is -0.930. The average molecular weight is 171 g/mol. The van der Waals surface area contributed by atoms with Crippen LogP contribution in [0.4, 0.5) is 0 Å². The molecule has 4 nitrogen and oxygen atoms in total. The van der Waals surface area contributed by atoms with E-state index in [0.29, 0.717) is 6.04 Å². The van der Waals surface area contributed by atoms with E-state index in [1.165, 1.54) is 12.8 Å². The molecule has 1 aliphatic rings. The molecule has 12 heavy (non-hydrogen) atoms. The van der Waals surface area contributed by atoms with E-state index in [9.17, 15) is 0 Å². The summed E-state index contributed by atoms with van der Waals surface area (Å²) < 4.78 is 0. The molecule has 0 aromatic rings. The SMILES string of the molecule is CC1CCCCCN1C(N)=NO. The fraction of sp³-hybridized carbons (Fsp3) is 0.875. The van der Waals surface area contributed by atoms with Gasteiger partial charge in [0.15, 0.2) is 0 Å². The highest BCUT2D eigenvalue weighted by Gasteiger charge is 2.18. The number of nitrogens with two attached hydrogens (primary N) is 1. The quantitative estimate of drug-likeness (QED) is 0.247. The summed E-state index contributed by atoms with van der Waals surface area (Å²) in [7, 11) is 0. The number of rotatable bonds is 0. The zero-order chi connectivity index (χ0) is 8.97. The third kappa shape index (κ3) is 2.03. The van der Waals surface area contributed by atoms with Gasteiger partial charge in [-0.2, -0.15) is 0 Å². The molecule has 1 fully saturated rings. The number of hydrogen-bond donors (Lipinski definition) is 2. The summed E-state index contributed by atoms with van der Waals surface area (Å²) in [4.78, 5) is 1.97. The van der Waals surface area contributed by atoms with Crippen molar-refractivity contribution in [3.8, 4) is 0 Å². The first-order valence-corrected chi connectivity index (χ1v) is 4.50. The van der Waals surface area contributed by atoms with Crippen molar-refractivity contribution >= 4 is 5.96 Å². The summed E-state index contributed by atoms with van der Waals surface area (Å²) in [5.41, 5.74) is 5.53. The van der Waals surface area contributed by atoms with Gasteiger partial charge in [0.2, 0.25) is 5.96 Å². The molecule has 0 amide bonds. The molecule has 1 unspecified atom stereocenters.